The number of hydrogen-bond acceptors (Lipinski definition) is 6. The molecule has 0 aromatic heterocycles. The molecule has 10 heteroatoms. The Balaban J connectivity index is 2.37. The number of guanidine groups is 1. The Morgan fingerprint density at radius 2 is 1.51 bits per heavy atom. The van der Waals surface area contributed by atoms with Gasteiger partial charge in [-0.05, 0) is 51.0 Å². The van der Waals surface area contributed by atoms with Crippen LogP contribution in [0.25, 0.3) is 0 Å². The van der Waals surface area contributed by atoms with Crippen molar-refractivity contribution in [3.8, 4) is 11.5 Å². The van der Waals surface area contributed by atoms with E-state index in [1.807, 2.05) is 32.0 Å². The fourth-order valence-corrected chi connectivity index (χ4v) is 2.59. The van der Waals surface area contributed by atoms with Crippen LogP contribution in [0.15, 0.2) is 53.5 Å². The maximum absolute atomic E-state index is 12.3. The highest BCUT2D eigenvalue weighted by molar-refractivity contribution is 6.08. The SMILES string of the molecule is CCC(C)OC(=O)N=C(NC(=O)OC(C)CC)Nc1cc(Oc2ccccc2)ccc1NC(C)=O. The lowest BCUT2D eigenvalue weighted by molar-refractivity contribution is -0.114. The average Bonchev–Trinajstić information content (AvgIpc) is 2.80. The second-order valence-electron chi connectivity index (χ2n) is 7.74. The zero-order valence-electron chi connectivity index (χ0n) is 20.6. The Morgan fingerprint density at radius 3 is 2.14 bits per heavy atom. The minimum atomic E-state index is -0.900. The van der Waals surface area contributed by atoms with Crippen LogP contribution in [-0.2, 0) is 14.3 Å². The third-order valence-corrected chi connectivity index (χ3v) is 4.72. The van der Waals surface area contributed by atoms with Crippen LogP contribution in [0.2, 0.25) is 0 Å². The van der Waals surface area contributed by atoms with Crippen molar-refractivity contribution in [1.29, 1.82) is 0 Å². The second kappa shape index (κ2) is 13.6. The lowest BCUT2D eigenvalue weighted by Gasteiger charge is -2.17. The Kier molecular flexibility index (Phi) is 10.5. The number of nitrogens with zero attached hydrogens (tertiary/aromatic N) is 1. The first-order chi connectivity index (χ1) is 16.7. The van der Waals surface area contributed by atoms with Crippen molar-refractivity contribution in [2.75, 3.05) is 10.6 Å². The molecule has 2 rings (SSSR count). The summed E-state index contributed by atoms with van der Waals surface area (Å²) in [5.41, 5.74) is 0.686. The number of amides is 3. The van der Waals surface area contributed by atoms with E-state index in [0.717, 1.165) is 0 Å². The van der Waals surface area contributed by atoms with Crippen molar-refractivity contribution in [1.82, 2.24) is 5.32 Å². The summed E-state index contributed by atoms with van der Waals surface area (Å²) in [6, 6.07) is 14.0. The molecule has 0 spiro atoms. The summed E-state index contributed by atoms with van der Waals surface area (Å²) < 4.78 is 16.3. The summed E-state index contributed by atoms with van der Waals surface area (Å²) >= 11 is 0. The molecule has 188 valence electrons. The highest BCUT2D eigenvalue weighted by Gasteiger charge is 2.16. The number of carbonyl (C=O) groups excluding carboxylic acids is 3. The molecule has 35 heavy (non-hydrogen) atoms. The summed E-state index contributed by atoms with van der Waals surface area (Å²) in [5, 5.41) is 7.98. The third kappa shape index (κ3) is 9.75. The largest absolute Gasteiger partial charge is 0.457 e. The predicted molar refractivity (Wildman–Crippen MR) is 134 cm³/mol. The number of carbonyl (C=O) groups is 3. The zero-order valence-corrected chi connectivity index (χ0v) is 20.6. The van der Waals surface area contributed by atoms with Gasteiger partial charge in [-0.2, -0.15) is 0 Å². The van der Waals surface area contributed by atoms with Gasteiger partial charge in [-0.1, -0.05) is 32.0 Å². The normalized spacial score (nSPS) is 12.7. The Morgan fingerprint density at radius 1 is 0.857 bits per heavy atom. The standard InChI is InChI=1S/C25H32N4O6/c1-6-16(3)33-24(31)28-23(29-25(32)34-17(4)7-2)27-22-15-20(13-14-21(22)26-18(5)30)35-19-11-9-8-10-12-19/h8-17H,6-7H2,1-5H3,(H,26,30)(H2,27,28,29,31,32). The number of para-hydroxylation sites is 1. The van der Waals surface area contributed by atoms with Gasteiger partial charge in [-0.25, -0.2) is 9.59 Å². The molecule has 0 aliphatic heterocycles. The zero-order chi connectivity index (χ0) is 25.8. The Labute approximate surface area is 205 Å². The van der Waals surface area contributed by atoms with Gasteiger partial charge in [0.05, 0.1) is 11.4 Å². The first-order valence-corrected chi connectivity index (χ1v) is 11.4. The van der Waals surface area contributed by atoms with Crippen LogP contribution in [-0.4, -0.2) is 36.3 Å². The minimum Gasteiger partial charge on any atom is -0.457 e. The second-order valence-corrected chi connectivity index (χ2v) is 7.74. The molecule has 3 N–H and O–H groups in total. The maximum Gasteiger partial charge on any atom is 0.437 e. The maximum atomic E-state index is 12.3. The quantitative estimate of drug-likeness (QED) is 0.326. The van der Waals surface area contributed by atoms with Gasteiger partial charge < -0.3 is 24.8 Å². The van der Waals surface area contributed by atoms with E-state index in [2.05, 4.69) is 20.9 Å². The molecule has 0 saturated carbocycles. The predicted octanol–water partition coefficient (Wildman–Crippen LogP) is 5.67. The van der Waals surface area contributed by atoms with Gasteiger partial charge in [-0.15, -0.1) is 4.99 Å². The summed E-state index contributed by atoms with van der Waals surface area (Å²) in [5.74, 6) is 0.488. The number of benzene rings is 2. The first-order valence-electron chi connectivity index (χ1n) is 11.4. The summed E-state index contributed by atoms with van der Waals surface area (Å²) in [4.78, 5) is 40.2. The highest BCUT2D eigenvalue weighted by atomic mass is 16.6. The van der Waals surface area contributed by atoms with E-state index in [9.17, 15) is 14.4 Å². The molecule has 2 atom stereocenters. The molecule has 2 aromatic carbocycles. The fraction of sp³-hybridized carbons (Fsp3) is 0.360. The smallest absolute Gasteiger partial charge is 0.437 e. The van der Waals surface area contributed by atoms with Crippen molar-refractivity contribution in [3.05, 3.63) is 48.5 Å². The van der Waals surface area contributed by atoms with Crippen LogP contribution in [0.4, 0.5) is 21.0 Å². The van der Waals surface area contributed by atoms with Gasteiger partial charge in [0.15, 0.2) is 0 Å². The molecule has 2 unspecified atom stereocenters. The van der Waals surface area contributed by atoms with Crippen LogP contribution >= 0.6 is 0 Å². The number of ether oxygens (including phenoxy) is 3. The van der Waals surface area contributed by atoms with Crippen molar-refractivity contribution < 1.29 is 28.6 Å². The van der Waals surface area contributed by atoms with E-state index in [1.165, 1.54) is 6.92 Å². The molecular formula is C25H32N4O6. The van der Waals surface area contributed by atoms with Crippen LogP contribution in [0.3, 0.4) is 0 Å². The van der Waals surface area contributed by atoms with E-state index in [1.54, 1.807) is 44.2 Å². The van der Waals surface area contributed by atoms with Gasteiger partial charge in [0.25, 0.3) is 0 Å². The van der Waals surface area contributed by atoms with E-state index >= 15 is 0 Å². The number of rotatable bonds is 8. The van der Waals surface area contributed by atoms with Crippen LogP contribution in [0.1, 0.15) is 47.5 Å². The van der Waals surface area contributed by atoms with E-state index in [4.69, 9.17) is 14.2 Å². The van der Waals surface area contributed by atoms with Crippen molar-refractivity contribution >= 4 is 35.4 Å². The molecule has 0 aliphatic carbocycles. The van der Waals surface area contributed by atoms with Crippen molar-refractivity contribution in [3.63, 3.8) is 0 Å². The fourth-order valence-electron chi connectivity index (χ4n) is 2.59. The molecule has 0 fully saturated rings. The van der Waals surface area contributed by atoms with Crippen LogP contribution < -0.4 is 20.7 Å². The molecule has 0 aliphatic rings. The van der Waals surface area contributed by atoms with E-state index in [0.29, 0.717) is 35.7 Å². The number of aliphatic imine (C=N–C) groups is 1. The highest BCUT2D eigenvalue weighted by Crippen LogP contribution is 2.30. The summed E-state index contributed by atoms with van der Waals surface area (Å²) in [6.45, 7) is 8.55. The average molecular weight is 485 g/mol. The van der Waals surface area contributed by atoms with Crippen molar-refractivity contribution in [2.45, 2.75) is 59.7 Å². The molecular weight excluding hydrogens is 452 g/mol. The van der Waals surface area contributed by atoms with Crippen molar-refractivity contribution in [2.24, 2.45) is 4.99 Å². The lowest BCUT2D eigenvalue weighted by atomic mass is 10.2. The van der Waals surface area contributed by atoms with Gasteiger partial charge in [0.2, 0.25) is 11.9 Å². The van der Waals surface area contributed by atoms with Gasteiger partial charge in [0, 0.05) is 13.0 Å². The Bertz CT molecular complexity index is 1040. The minimum absolute atomic E-state index is 0.241. The third-order valence-electron chi connectivity index (χ3n) is 4.72. The lowest BCUT2D eigenvalue weighted by Crippen LogP contribution is -2.38. The van der Waals surface area contributed by atoms with Gasteiger partial charge in [0.1, 0.15) is 23.7 Å². The topological polar surface area (TPSA) is 127 Å². The van der Waals surface area contributed by atoms with Gasteiger partial charge >= 0.3 is 12.2 Å². The molecule has 0 radical (unpaired) electrons. The molecule has 3 amide bonds. The van der Waals surface area contributed by atoms with E-state index in [-0.39, 0.29) is 24.1 Å². The van der Waals surface area contributed by atoms with Crippen LogP contribution in [0, 0.1) is 0 Å². The molecule has 10 nitrogen and oxygen atoms in total. The first kappa shape index (κ1) is 27.2. The molecule has 0 saturated heterocycles. The molecule has 0 heterocycles. The number of nitrogens with one attached hydrogen (secondary N) is 3. The Hall–Kier alpha value is -4.08. The number of anilines is 2. The summed E-state index contributed by atoms with van der Waals surface area (Å²) in [6.07, 6.45) is -1.21. The number of alkyl carbamates (subject to hydrolysis) is 1. The monoisotopic (exact) mass is 484 g/mol. The van der Waals surface area contributed by atoms with E-state index < -0.39 is 12.2 Å². The molecule has 2 aromatic rings. The van der Waals surface area contributed by atoms with Gasteiger partial charge in [-0.3, -0.25) is 10.1 Å². The summed E-state index contributed by atoms with van der Waals surface area (Å²) in [7, 11) is 0. The van der Waals surface area contributed by atoms with Crippen LogP contribution in [0.5, 0.6) is 11.5 Å². The molecule has 0 bridgehead atoms. The number of hydrogen-bond donors (Lipinski definition) is 3.